The van der Waals surface area contributed by atoms with Crippen molar-refractivity contribution in [2.45, 2.75) is 217 Å². The summed E-state index contributed by atoms with van der Waals surface area (Å²) >= 11 is 6.83. The van der Waals surface area contributed by atoms with E-state index in [9.17, 15) is 19.2 Å². The van der Waals surface area contributed by atoms with Crippen LogP contribution in [-0.4, -0.2) is 108 Å². The van der Waals surface area contributed by atoms with Crippen LogP contribution in [0.5, 0.6) is 0 Å². The molecular formula is C59H87Br2N6O7+. The fourth-order valence-electron chi connectivity index (χ4n) is 12.0. The molecule has 5 aliphatic rings. The molecule has 0 aliphatic carbocycles. The van der Waals surface area contributed by atoms with Crippen molar-refractivity contribution in [3.05, 3.63) is 80.8 Å². The van der Waals surface area contributed by atoms with Gasteiger partial charge in [-0.25, -0.2) is 10.6 Å². The van der Waals surface area contributed by atoms with Gasteiger partial charge in [0.1, 0.15) is 0 Å². The molecule has 5 aliphatic heterocycles. The lowest BCUT2D eigenvalue weighted by atomic mass is 9.80. The third kappa shape index (κ3) is 16.9. The summed E-state index contributed by atoms with van der Waals surface area (Å²) in [4.78, 5) is 54.7. The molecule has 7 rings (SSSR count). The van der Waals surface area contributed by atoms with Crippen LogP contribution in [0.3, 0.4) is 0 Å². The third-order valence-electron chi connectivity index (χ3n) is 16.0. The highest BCUT2D eigenvalue weighted by atomic mass is 79.9. The topological polar surface area (TPSA) is 150 Å². The molecule has 4 N–H and O–H groups in total. The number of halogens is 2. The average molecular weight is 1150 g/mol. The smallest absolute Gasteiger partial charge is 0.350 e. The third-order valence-corrected chi connectivity index (χ3v) is 17.0. The largest absolute Gasteiger partial charge is 0.465 e. The molecule has 7 unspecified atom stereocenters. The molecule has 0 radical (unpaired) electrons. The predicted octanol–water partition coefficient (Wildman–Crippen LogP) is 11.6. The van der Waals surface area contributed by atoms with Gasteiger partial charge in [-0.2, -0.15) is 0 Å². The Balaban J connectivity index is 0.729. The Hall–Kier alpha value is -3.79. The van der Waals surface area contributed by atoms with E-state index in [1.807, 2.05) is 29.2 Å². The normalized spacial score (nSPS) is 24.9. The number of ether oxygens (including phenoxy) is 3. The van der Waals surface area contributed by atoms with Gasteiger partial charge < -0.3 is 29.7 Å². The quantitative estimate of drug-likeness (QED) is 0.0270. The van der Waals surface area contributed by atoms with Crippen molar-refractivity contribution in [2.24, 2.45) is 5.92 Å². The molecule has 7 atom stereocenters. The summed E-state index contributed by atoms with van der Waals surface area (Å²) < 4.78 is 24.1. The van der Waals surface area contributed by atoms with Crippen molar-refractivity contribution in [2.75, 3.05) is 32.8 Å². The van der Waals surface area contributed by atoms with Gasteiger partial charge in [-0.15, -0.1) is 0 Å². The highest BCUT2D eigenvalue weighted by Gasteiger charge is 2.64. The molecule has 15 heteroatoms. The molecule has 408 valence electrons. The molecule has 13 nitrogen and oxygen atoms in total. The number of esters is 1. The summed E-state index contributed by atoms with van der Waals surface area (Å²) in [5.74, 6) is 0.453. The van der Waals surface area contributed by atoms with Crippen LogP contribution in [0.15, 0.2) is 69.6 Å². The number of carbonyl (C=O) groups excluding carboxylic acids is 4. The lowest BCUT2D eigenvalue weighted by molar-refractivity contribution is -0.609. The number of carbonyl (C=O) groups is 4. The van der Waals surface area contributed by atoms with Crippen LogP contribution < -0.4 is 21.3 Å². The zero-order valence-electron chi connectivity index (χ0n) is 44.6. The van der Waals surface area contributed by atoms with Gasteiger partial charge in [0, 0.05) is 71.9 Å². The number of nitrogens with zero attached hydrogens (tertiary/aromatic N) is 2. The number of guanidine groups is 1. The van der Waals surface area contributed by atoms with E-state index >= 15 is 0 Å². The number of nitrogens with one attached hydrogen (secondary N) is 4. The van der Waals surface area contributed by atoms with E-state index in [1.165, 1.54) is 51.4 Å². The van der Waals surface area contributed by atoms with Crippen molar-refractivity contribution >= 4 is 61.5 Å². The number of unbranched alkanes of at least 4 members (excludes halogenated alkanes) is 13. The molecular weight excluding hydrogens is 1060 g/mol. The van der Waals surface area contributed by atoms with Crippen LogP contribution in [0.25, 0.3) is 0 Å². The minimum Gasteiger partial charge on any atom is -0.465 e. The van der Waals surface area contributed by atoms with Gasteiger partial charge >= 0.3 is 11.9 Å². The Bertz CT molecular complexity index is 2180. The molecule has 2 aromatic rings. The lowest BCUT2D eigenvalue weighted by Gasteiger charge is -2.50. The number of hydrogen-bond acceptors (Lipinski definition) is 9. The van der Waals surface area contributed by atoms with Gasteiger partial charge in [-0.3, -0.25) is 23.8 Å². The minimum atomic E-state index is -0.777. The molecule has 0 aromatic heterocycles. The Morgan fingerprint density at radius 2 is 1.31 bits per heavy atom. The summed E-state index contributed by atoms with van der Waals surface area (Å²) in [5, 5.41) is 13.7. The average Bonchev–Trinajstić information content (AvgIpc) is 3.70. The van der Waals surface area contributed by atoms with E-state index in [-0.39, 0.29) is 47.9 Å². The number of benzene rings is 2. The SMILES string of the molecule is CCC1C=CCCC2(CC3CCC4C(C(=O)OCCCCCCCCCCCCCCCC(=O)N(CCCCNC(=O)c5ccc(Br)cc5)CCCNC(=O)c5ccc(Br)cc5)C5(CCCC(C)O5)NC(=[N+]34)N2)O1. The lowest BCUT2D eigenvalue weighted by Crippen LogP contribution is -2.76. The first-order valence-electron chi connectivity index (χ1n) is 28.7. The number of rotatable bonds is 29. The van der Waals surface area contributed by atoms with Crippen molar-refractivity contribution in [3.8, 4) is 0 Å². The summed E-state index contributed by atoms with van der Waals surface area (Å²) in [5.41, 5.74) is 0.0373. The van der Waals surface area contributed by atoms with Gasteiger partial charge in [0.25, 0.3) is 11.8 Å². The van der Waals surface area contributed by atoms with Crippen molar-refractivity contribution in [1.82, 2.24) is 26.2 Å². The molecule has 74 heavy (non-hydrogen) atoms. The Morgan fingerprint density at radius 3 is 1.93 bits per heavy atom. The van der Waals surface area contributed by atoms with Crippen molar-refractivity contribution in [1.29, 1.82) is 0 Å². The number of allylic oxidation sites excluding steroid dienone is 1. The Labute approximate surface area is 459 Å². The Morgan fingerprint density at radius 1 is 0.716 bits per heavy atom. The highest BCUT2D eigenvalue weighted by Crippen LogP contribution is 2.46. The van der Waals surface area contributed by atoms with Gasteiger partial charge in [0.15, 0.2) is 11.6 Å². The summed E-state index contributed by atoms with van der Waals surface area (Å²) in [6, 6.07) is 15.0. The number of hydrogen-bond donors (Lipinski definition) is 4. The molecule has 0 bridgehead atoms. The minimum absolute atomic E-state index is 0.0476. The second-order valence-corrected chi connectivity index (χ2v) is 23.5. The van der Waals surface area contributed by atoms with Crippen molar-refractivity contribution in [3.63, 3.8) is 0 Å². The van der Waals surface area contributed by atoms with Crippen LogP contribution in [0.2, 0.25) is 0 Å². The standard InChI is InChI=1S/C59H86Br2N6O7/c1-3-50-24-16-17-36-58(74-50)43-49-34-35-51-53(59(37-21-23-44(2)73-59)65-57(64-58)67(49)51)56(71)72-42-20-14-12-10-8-6-4-5-7-9-11-13-15-25-52(68)66(41-22-39-63-55(70)46-28-32-48(61)33-29-46)40-19-18-38-62-54(69)45-26-30-47(60)31-27-45/h16,24,26-33,44,49-51,53H,3-15,17-23,25,34-43H2,1-2H3,(H3,62,63,64,65,69,70)/p+1. The maximum Gasteiger partial charge on any atom is 0.350 e. The fraction of sp³-hybridized carbons (Fsp3) is 0.678. The highest BCUT2D eigenvalue weighted by molar-refractivity contribution is 9.10. The molecule has 2 aromatic carbocycles. The summed E-state index contributed by atoms with van der Waals surface area (Å²) in [7, 11) is 0. The van der Waals surface area contributed by atoms with E-state index < -0.39 is 11.4 Å². The maximum absolute atomic E-state index is 14.2. The van der Waals surface area contributed by atoms with Crippen LogP contribution in [-0.2, 0) is 23.8 Å². The van der Waals surface area contributed by atoms with E-state index in [1.54, 1.807) is 24.3 Å². The first kappa shape index (κ1) is 57.9. The van der Waals surface area contributed by atoms with Crippen LogP contribution in [0, 0.1) is 5.92 Å². The zero-order valence-corrected chi connectivity index (χ0v) is 47.8. The first-order chi connectivity index (χ1) is 36.0. The Kier molecular flexibility index (Phi) is 23.2. The zero-order chi connectivity index (χ0) is 52.2. The molecule has 3 amide bonds. The second kappa shape index (κ2) is 29.7. The summed E-state index contributed by atoms with van der Waals surface area (Å²) in [6.07, 6.45) is 30.9. The maximum atomic E-state index is 14.2. The molecule has 2 saturated heterocycles. The first-order valence-corrected chi connectivity index (χ1v) is 30.3. The second-order valence-electron chi connectivity index (χ2n) is 21.7. The molecule has 2 fully saturated rings. The predicted molar refractivity (Wildman–Crippen MR) is 299 cm³/mol. The molecule has 5 heterocycles. The molecule has 2 spiro atoms. The van der Waals surface area contributed by atoms with Gasteiger partial charge in [0.2, 0.25) is 11.6 Å². The molecule has 0 saturated carbocycles. The monoisotopic (exact) mass is 1150 g/mol. The van der Waals surface area contributed by atoms with E-state index in [0.29, 0.717) is 62.8 Å². The van der Waals surface area contributed by atoms with Gasteiger partial charge in [0.05, 0.1) is 30.9 Å². The van der Waals surface area contributed by atoms with Crippen molar-refractivity contribution < 1.29 is 38.0 Å². The van der Waals surface area contributed by atoms with E-state index in [4.69, 9.17) is 14.2 Å². The van der Waals surface area contributed by atoms with Crippen LogP contribution in [0.4, 0.5) is 0 Å². The fourth-order valence-corrected chi connectivity index (χ4v) is 12.5. The summed E-state index contributed by atoms with van der Waals surface area (Å²) in [6.45, 7) is 7.04. The van der Waals surface area contributed by atoms with Crippen LogP contribution >= 0.6 is 31.9 Å². The van der Waals surface area contributed by atoms with Gasteiger partial charge in [-0.1, -0.05) is 122 Å². The van der Waals surface area contributed by atoms with E-state index in [0.717, 1.165) is 118 Å². The number of amides is 3. The van der Waals surface area contributed by atoms with Gasteiger partial charge in [-0.05, 0) is 126 Å². The van der Waals surface area contributed by atoms with E-state index in [2.05, 4.69) is 83.7 Å². The van der Waals surface area contributed by atoms with Crippen LogP contribution in [0.1, 0.15) is 202 Å².